The standard InChI is InChI=1S/C13H18N4O4/c1-12(19)8(5-18)21-11(13(12,2)20)17-4-3-7-9(14)15-6-16-10(7)17/h3-4,6,8,11,18-20H,5H2,1-2H3,(H2,14,15,16)/t8-,11-,12+,13+/m1/s1. The van der Waals surface area contributed by atoms with Gasteiger partial charge in [0.05, 0.1) is 12.0 Å². The molecule has 1 fully saturated rings. The number of hydrogen-bond acceptors (Lipinski definition) is 7. The van der Waals surface area contributed by atoms with E-state index in [4.69, 9.17) is 10.5 Å². The van der Waals surface area contributed by atoms with E-state index in [1.54, 1.807) is 16.8 Å². The van der Waals surface area contributed by atoms with Crippen LogP contribution in [0.3, 0.4) is 0 Å². The number of fused-ring (bicyclic) bond motifs is 1. The highest BCUT2D eigenvalue weighted by molar-refractivity contribution is 5.86. The molecule has 3 rings (SSSR count). The number of rotatable bonds is 2. The molecule has 0 aromatic carbocycles. The first-order valence-corrected chi connectivity index (χ1v) is 6.58. The molecular formula is C13H18N4O4. The molecule has 0 bridgehead atoms. The number of nitrogens with two attached hydrogens (primary N) is 1. The summed E-state index contributed by atoms with van der Waals surface area (Å²) in [5.41, 5.74) is 3.05. The SMILES string of the molecule is C[C@]1(O)[C@@H](CO)O[C@@H](n2ccc3c(N)ncnc32)[C@]1(C)O. The Balaban J connectivity index is 2.13. The highest BCUT2D eigenvalue weighted by atomic mass is 16.6. The summed E-state index contributed by atoms with van der Waals surface area (Å²) in [5, 5.41) is 31.2. The van der Waals surface area contributed by atoms with Gasteiger partial charge in [0.1, 0.15) is 35.1 Å². The van der Waals surface area contributed by atoms with E-state index in [0.29, 0.717) is 16.9 Å². The average Bonchev–Trinajstić information content (AvgIpc) is 2.90. The Morgan fingerprint density at radius 3 is 2.67 bits per heavy atom. The van der Waals surface area contributed by atoms with E-state index in [9.17, 15) is 15.3 Å². The van der Waals surface area contributed by atoms with Crippen molar-refractivity contribution in [3.05, 3.63) is 18.6 Å². The molecule has 8 nitrogen and oxygen atoms in total. The lowest BCUT2D eigenvalue weighted by molar-refractivity contribution is -0.134. The van der Waals surface area contributed by atoms with Crippen molar-refractivity contribution in [1.82, 2.24) is 14.5 Å². The van der Waals surface area contributed by atoms with E-state index in [0.717, 1.165) is 0 Å². The summed E-state index contributed by atoms with van der Waals surface area (Å²) in [7, 11) is 0. The summed E-state index contributed by atoms with van der Waals surface area (Å²) in [4.78, 5) is 8.05. The molecule has 0 saturated carbocycles. The fraction of sp³-hybridized carbons (Fsp3) is 0.538. The molecule has 0 amide bonds. The largest absolute Gasteiger partial charge is 0.394 e. The van der Waals surface area contributed by atoms with Crippen LogP contribution in [-0.2, 0) is 4.74 Å². The van der Waals surface area contributed by atoms with Crippen LogP contribution in [0.15, 0.2) is 18.6 Å². The van der Waals surface area contributed by atoms with Gasteiger partial charge in [0.15, 0.2) is 6.23 Å². The molecule has 1 aliphatic heterocycles. The third-order valence-electron chi connectivity index (χ3n) is 4.38. The number of nitrogens with zero attached hydrogens (tertiary/aromatic N) is 3. The van der Waals surface area contributed by atoms with Crippen molar-refractivity contribution < 1.29 is 20.1 Å². The molecule has 2 aromatic rings. The summed E-state index contributed by atoms with van der Waals surface area (Å²) in [5.74, 6) is 0.321. The van der Waals surface area contributed by atoms with Crippen LogP contribution < -0.4 is 5.73 Å². The predicted octanol–water partition coefficient (Wildman–Crippen LogP) is -0.595. The van der Waals surface area contributed by atoms with Gasteiger partial charge in [-0.2, -0.15) is 0 Å². The minimum absolute atomic E-state index is 0.321. The maximum atomic E-state index is 10.7. The van der Waals surface area contributed by atoms with Gasteiger partial charge in [-0.1, -0.05) is 0 Å². The number of aliphatic hydroxyl groups is 3. The van der Waals surface area contributed by atoms with Crippen LogP contribution in [0.2, 0.25) is 0 Å². The fourth-order valence-corrected chi connectivity index (χ4v) is 2.73. The lowest BCUT2D eigenvalue weighted by Crippen LogP contribution is -2.54. The van der Waals surface area contributed by atoms with Crippen molar-refractivity contribution in [2.45, 2.75) is 37.4 Å². The first-order valence-electron chi connectivity index (χ1n) is 6.58. The lowest BCUT2D eigenvalue weighted by Gasteiger charge is -2.35. The quantitative estimate of drug-likeness (QED) is 0.582. The Bertz CT molecular complexity index is 682. The number of hydrogen-bond donors (Lipinski definition) is 4. The normalized spacial score (nSPS) is 36.4. The molecule has 21 heavy (non-hydrogen) atoms. The molecule has 0 radical (unpaired) electrons. The van der Waals surface area contributed by atoms with Gasteiger partial charge in [-0.3, -0.25) is 0 Å². The zero-order chi connectivity index (χ0) is 15.4. The monoisotopic (exact) mass is 294 g/mol. The van der Waals surface area contributed by atoms with E-state index in [-0.39, 0.29) is 0 Å². The van der Waals surface area contributed by atoms with E-state index in [1.807, 2.05) is 0 Å². The minimum Gasteiger partial charge on any atom is -0.394 e. The Kier molecular flexibility index (Phi) is 2.96. The molecule has 3 heterocycles. The van der Waals surface area contributed by atoms with Gasteiger partial charge in [0, 0.05) is 6.20 Å². The third-order valence-corrected chi connectivity index (χ3v) is 4.38. The summed E-state index contributed by atoms with van der Waals surface area (Å²) in [6, 6.07) is 1.71. The predicted molar refractivity (Wildman–Crippen MR) is 74.2 cm³/mol. The van der Waals surface area contributed by atoms with Crippen LogP contribution in [0.1, 0.15) is 20.1 Å². The van der Waals surface area contributed by atoms with Gasteiger partial charge in [-0.15, -0.1) is 0 Å². The van der Waals surface area contributed by atoms with E-state index in [2.05, 4.69) is 9.97 Å². The summed E-state index contributed by atoms with van der Waals surface area (Å²) in [6.45, 7) is 2.49. The van der Waals surface area contributed by atoms with Crippen LogP contribution in [0.4, 0.5) is 5.82 Å². The highest BCUT2D eigenvalue weighted by Gasteiger charge is 2.61. The highest BCUT2D eigenvalue weighted by Crippen LogP contribution is 2.46. The first kappa shape index (κ1) is 14.2. The molecule has 0 unspecified atom stereocenters. The van der Waals surface area contributed by atoms with Crippen LogP contribution in [0, 0.1) is 0 Å². The molecule has 114 valence electrons. The average molecular weight is 294 g/mol. The smallest absolute Gasteiger partial charge is 0.167 e. The first-order chi connectivity index (χ1) is 9.80. The van der Waals surface area contributed by atoms with Crippen LogP contribution in [0.5, 0.6) is 0 Å². The molecule has 1 aliphatic rings. The van der Waals surface area contributed by atoms with Crippen molar-refractivity contribution in [3.8, 4) is 0 Å². The van der Waals surface area contributed by atoms with Gasteiger partial charge < -0.3 is 30.4 Å². The molecule has 5 N–H and O–H groups in total. The molecule has 2 aromatic heterocycles. The van der Waals surface area contributed by atoms with Gasteiger partial charge in [-0.05, 0) is 19.9 Å². The van der Waals surface area contributed by atoms with Crippen molar-refractivity contribution >= 4 is 16.9 Å². The fourth-order valence-electron chi connectivity index (χ4n) is 2.73. The zero-order valence-electron chi connectivity index (χ0n) is 11.8. The molecule has 0 aliphatic carbocycles. The zero-order valence-corrected chi connectivity index (χ0v) is 11.8. The summed E-state index contributed by atoms with van der Waals surface area (Å²) >= 11 is 0. The number of ether oxygens (including phenoxy) is 1. The second-order valence-corrected chi connectivity index (χ2v) is 5.67. The van der Waals surface area contributed by atoms with Crippen LogP contribution >= 0.6 is 0 Å². The van der Waals surface area contributed by atoms with E-state index < -0.39 is 30.1 Å². The second-order valence-electron chi connectivity index (χ2n) is 5.67. The summed E-state index contributed by atoms with van der Waals surface area (Å²) < 4.78 is 7.23. The lowest BCUT2D eigenvalue weighted by atomic mass is 9.83. The van der Waals surface area contributed by atoms with Crippen molar-refractivity contribution in [1.29, 1.82) is 0 Å². The number of nitrogen functional groups attached to an aromatic ring is 1. The topological polar surface area (TPSA) is 127 Å². The van der Waals surface area contributed by atoms with Crippen molar-refractivity contribution in [2.75, 3.05) is 12.3 Å². The Hall–Kier alpha value is -1.74. The third kappa shape index (κ3) is 1.77. The van der Waals surface area contributed by atoms with Gasteiger partial charge in [0.25, 0.3) is 0 Å². The number of aromatic nitrogens is 3. The number of aliphatic hydroxyl groups excluding tert-OH is 1. The van der Waals surface area contributed by atoms with Crippen molar-refractivity contribution in [2.24, 2.45) is 0 Å². The van der Waals surface area contributed by atoms with Crippen LogP contribution in [0.25, 0.3) is 11.0 Å². The summed E-state index contributed by atoms with van der Waals surface area (Å²) in [6.07, 6.45) is 1.16. The van der Waals surface area contributed by atoms with E-state index in [1.165, 1.54) is 20.2 Å². The molecule has 1 saturated heterocycles. The van der Waals surface area contributed by atoms with Crippen molar-refractivity contribution in [3.63, 3.8) is 0 Å². The van der Waals surface area contributed by atoms with E-state index >= 15 is 0 Å². The van der Waals surface area contributed by atoms with Gasteiger partial charge >= 0.3 is 0 Å². The maximum Gasteiger partial charge on any atom is 0.167 e. The maximum absolute atomic E-state index is 10.7. The minimum atomic E-state index is -1.62. The molecule has 0 spiro atoms. The molecule has 8 heteroatoms. The Morgan fingerprint density at radius 1 is 1.33 bits per heavy atom. The Labute approximate surface area is 120 Å². The van der Waals surface area contributed by atoms with Crippen LogP contribution in [-0.4, -0.2) is 53.8 Å². The van der Waals surface area contributed by atoms with Gasteiger partial charge in [-0.25, -0.2) is 9.97 Å². The Morgan fingerprint density at radius 2 is 2.05 bits per heavy atom. The molecule has 4 atom stereocenters. The second kappa shape index (κ2) is 4.38. The number of anilines is 1. The van der Waals surface area contributed by atoms with Gasteiger partial charge in [0.2, 0.25) is 0 Å². The molecular weight excluding hydrogens is 276 g/mol.